The number of benzene rings is 3. The highest BCUT2D eigenvalue weighted by Crippen LogP contribution is 2.43. The molecule has 0 unspecified atom stereocenters. The van der Waals surface area contributed by atoms with Gasteiger partial charge in [0.2, 0.25) is 0 Å². The first-order valence-electron chi connectivity index (χ1n) is 11.0. The van der Waals surface area contributed by atoms with Gasteiger partial charge in [0.05, 0.1) is 17.8 Å². The van der Waals surface area contributed by atoms with Gasteiger partial charge in [0.15, 0.2) is 0 Å². The van der Waals surface area contributed by atoms with Crippen LogP contribution in [0.4, 0.5) is 16.2 Å². The molecule has 2 aliphatic rings. The number of carbonyl (C=O) groups excluding carboxylic acids is 2. The van der Waals surface area contributed by atoms with Crippen molar-refractivity contribution in [1.82, 2.24) is 4.90 Å². The number of fused-ring (bicyclic) bond motifs is 2. The monoisotopic (exact) mass is 443 g/mol. The second kappa shape index (κ2) is 9.09. The fourth-order valence-corrected chi connectivity index (χ4v) is 5.28. The zero-order valence-corrected chi connectivity index (χ0v) is 18.6. The third-order valence-electron chi connectivity index (χ3n) is 5.91. The van der Waals surface area contributed by atoms with Gasteiger partial charge in [-0.05, 0) is 55.2 Å². The number of nitrogens with one attached hydrogen (secondary N) is 1. The van der Waals surface area contributed by atoms with Crippen LogP contribution in [0.1, 0.15) is 35.2 Å². The Kier molecular flexibility index (Phi) is 5.86. The SMILES string of the molecule is O=C(Nc1ccc2c(c1)N(Cc1ccccc1)C(=O)c1ccccc1S2)N1CCCCC1. The lowest BCUT2D eigenvalue weighted by Gasteiger charge is -2.27. The van der Waals surface area contributed by atoms with Gasteiger partial charge in [-0.3, -0.25) is 4.79 Å². The Balaban J connectivity index is 1.50. The van der Waals surface area contributed by atoms with Gasteiger partial charge in [0.1, 0.15) is 0 Å². The smallest absolute Gasteiger partial charge is 0.321 e. The van der Waals surface area contributed by atoms with Crippen LogP contribution in [-0.2, 0) is 6.54 Å². The van der Waals surface area contributed by atoms with Crippen molar-refractivity contribution < 1.29 is 9.59 Å². The van der Waals surface area contributed by atoms with Crippen LogP contribution in [0.3, 0.4) is 0 Å². The molecule has 0 spiro atoms. The molecule has 2 heterocycles. The zero-order valence-electron chi connectivity index (χ0n) is 17.8. The Labute approximate surface area is 192 Å². The van der Waals surface area contributed by atoms with E-state index in [-0.39, 0.29) is 11.9 Å². The first-order chi connectivity index (χ1) is 15.7. The zero-order chi connectivity index (χ0) is 21.9. The predicted octanol–water partition coefficient (Wildman–Crippen LogP) is 6.02. The molecule has 6 heteroatoms. The minimum atomic E-state index is -0.0739. The van der Waals surface area contributed by atoms with Gasteiger partial charge in [0.25, 0.3) is 5.91 Å². The maximum absolute atomic E-state index is 13.6. The topological polar surface area (TPSA) is 52.7 Å². The van der Waals surface area contributed by atoms with Crippen molar-refractivity contribution in [2.24, 2.45) is 0 Å². The third kappa shape index (κ3) is 4.23. The van der Waals surface area contributed by atoms with Crippen LogP contribution >= 0.6 is 11.8 Å². The van der Waals surface area contributed by atoms with E-state index in [1.165, 1.54) is 6.42 Å². The summed E-state index contributed by atoms with van der Waals surface area (Å²) in [4.78, 5) is 32.0. The molecule has 5 nitrogen and oxygen atoms in total. The van der Waals surface area contributed by atoms with Crippen LogP contribution in [0, 0.1) is 0 Å². The normalized spacial score (nSPS) is 15.6. The standard InChI is InChI=1S/C26H25N3O2S/c30-25-21-11-5-6-12-23(21)32-24-14-13-20(27-26(31)28-15-7-2-8-16-28)17-22(24)29(25)18-19-9-3-1-4-10-19/h1,3-6,9-14,17H,2,7-8,15-16,18H2,(H,27,31). The maximum atomic E-state index is 13.6. The van der Waals surface area contributed by atoms with Gasteiger partial charge in [-0.2, -0.15) is 0 Å². The Morgan fingerprint density at radius 3 is 2.44 bits per heavy atom. The van der Waals surface area contributed by atoms with Gasteiger partial charge < -0.3 is 15.1 Å². The second-order valence-corrected chi connectivity index (χ2v) is 9.22. The molecule has 0 aliphatic carbocycles. The molecule has 1 N–H and O–H groups in total. The van der Waals surface area contributed by atoms with Gasteiger partial charge in [0, 0.05) is 28.6 Å². The lowest BCUT2D eigenvalue weighted by atomic mass is 10.1. The highest BCUT2D eigenvalue weighted by Gasteiger charge is 2.28. The number of anilines is 2. The van der Waals surface area contributed by atoms with E-state index in [2.05, 4.69) is 5.32 Å². The predicted molar refractivity (Wildman–Crippen MR) is 128 cm³/mol. The number of piperidine rings is 1. The number of urea groups is 1. The summed E-state index contributed by atoms with van der Waals surface area (Å²) in [6.45, 7) is 2.05. The van der Waals surface area contributed by atoms with Crippen molar-refractivity contribution in [1.29, 1.82) is 0 Å². The van der Waals surface area contributed by atoms with E-state index in [0.717, 1.165) is 47.0 Å². The Hall–Kier alpha value is -3.25. The lowest BCUT2D eigenvalue weighted by Crippen LogP contribution is -2.38. The summed E-state index contributed by atoms with van der Waals surface area (Å²) in [6, 6.07) is 23.5. The van der Waals surface area contributed by atoms with Crippen LogP contribution in [0.15, 0.2) is 82.6 Å². The Bertz CT molecular complexity index is 1140. The molecule has 32 heavy (non-hydrogen) atoms. The van der Waals surface area contributed by atoms with Gasteiger partial charge in [-0.1, -0.05) is 54.2 Å². The molecule has 3 amide bonds. The molecule has 0 bridgehead atoms. The van der Waals surface area contributed by atoms with E-state index in [1.54, 1.807) is 11.8 Å². The molecular weight excluding hydrogens is 418 g/mol. The molecule has 0 radical (unpaired) electrons. The molecule has 5 rings (SSSR count). The first-order valence-corrected chi connectivity index (χ1v) is 11.8. The van der Waals surface area contributed by atoms with Gasteiger partial charge in [-0.25, -0.2) is 4.79 Å². The number of hydrogen-bond donors (Lipinski definition) is 1. The van der Waals surface area contributed by atoms with E-state index >= 15 is 0 Å². The molecule has 0 atom stereocenters. The largest absolute Gasteiger partial charge is 0.325 e. The van der Waals surface area contributed by atoms with Crippen LogP contribution in [0.25, 0.3) is 0 Å². The summed E-state index contributed by atoms with van der Waals surface area (Å²) >= 11 is 1.59. The fourth-order valence-electron chi connectivity index (χ4n) is 4.22. The summed E-state index contributed by atoms with van der Waals surface area (Å²) in [7, 11) is 0. The van der Waals surface area contributed by atoms with Crippen LogP contribution in [0.2, 0.25) is 0 Å². The first kappa shape index (κ1) is 20.6. The highest BCUT2D eigenvalue weighted by molar-refractivity contribution is 7.99. The van der Waals surface area contributed by atoms with Crippen molar-refractivity contribution in [2.45, 2.75) is 35.6 Å². The molecule has 3 aromatic rings. The Morgan fingerprint density at radius 2 is 1.62 bits per heavy atom. The van der Waals surface area contributed by atoms with Crippen molar-refractivity contribution in [2.75, 3.05) is 23.3 Å². The summed E-state index contributed by atoms with van der Waals surface area (Å²) < 4.78 is 0. The van der Waals surface area contributed by atoms with Crippen molar-refractivity contribution in [3.05, 3.63) is 83.9 Å². The van der Waals surface area contributed by atoms with Crippen molar-refractivity contribution in [3.63, 3.8) is 0 Å². The quantitative estimate of drug-likeness (QED) is 0.539. The highest BCUT2D eigenvalue weighted by atomic mass is 32.2. The summed E-state index contributed by atoms with van der Waals surface area (Å²) in [6.07, 6.45) is 3.27. The maximum Gasteiger partial charge on any atom is 0.321 e. The number of rotatable bonds is 3. The number of hydrogen-bond acceptors (Lipinski definition) is 3. The average Bonchev–Trinajstić information content (AvgIpc) is 2.95. The minimum absolute atomic E-state index is 0.0322. The number of nitrogens with zero attached hydrogens (tertiary/aromatic N) is 2. The van der Waals surface area contributed by atoms with Gasteiger partial charge >= 0.3 is 6.03 Å². The number of likely N-dealkylation sites (tertiary alicyclic amines) is 1. The van der Waals surface area contributed by atoms with Crippen LogP contribution in [-0.4, -0.2) is 29.9 Å². The lowest BCUT2D eigenvalue weighted by molar-refractivity contribution is 0.0982. The van der Waals surface area contributed by atoms with Crippen molar-refractivity contribution >= 4 is 35.1 Å². The van der Waals surface area contributed by atoms with Crippen molar-refractivity contribution in [3.8, 4) is 0 Å². The van der Waals surface area contributed by atoms with Crippen LogP contribution in [0.5, 0.6) is 0 Å². The molecule has 2 aliphatic heterocycles. The molecular formula is C26H25N3O2S. The van der Waals surface area contributed by atoms with E-state index in [1.807, 2.05) is 82.6 Å². The second-order valence-electron chi connectivity index (χ2n) is 8.14. The summed E-state index contributed by atoms with van der Waals surface area (Å²) in [5, 5.41) is 3.04. The molecule has 0 saturated carbocycles. The molecule has 1 saturated heterocycles. The fraction of sp³-hybridized carbons (Fsp3) is 0.231. The van der Waals surface area contributed by atoms with E-state index < -0.39 is 0 Å². The molecule has 0 aromatic heterocycles. The third-order valence-corrected chi connectivity index (χ3v) is 7.05. The molecule has 1 fully saturated rings. The Morgan fingerprint density at radius 1 is 0.875 bits per heavy atom. The summed E-state index contributed by atoms with van der Waals surface area (Å²) in [5.41, 5.74) is 3.27. The number of carbonyl (C=O) groups is 2. The summed E-state index contributed by atoms with van der Waals surface area (Å²) in [5.74, 6) is -0.0322. The molecule has 162 valence electrons. The van der Waals surface area contributed by atoms with E-state index in [9.17, 15) is 9.59 Å². The van der Waals surface area contributed by atoms with Crippen LogP contribution < -0.4 is 10.2 Å². The molecule has 3 aromatic carbocycles. The number of amides is 3. The minimum Gasteiger partial charge on any atom is -0.325 e. The van der Waals surface area contributed by atoms with E-state index in [4.69, 9.17) is 0 Å². The van der Waals surface area contributed by atoms with Gasteiger partial charge in [-0.15, -0.1) is 0 Å². The van der Waals surface area contributed by atoms with E-state index in [0.29, 0.717) is 17.8 Å². The average molecular weight is 444 g/mol.